The van der Waals surface area contributed by atoms with E-state index in [1.165, 1.54) is 32.1 Å². The van der Waals surface area contributed by atoms with Gasteiger partial charge in [-0.3, -0.25) is 4.79 Å². The number of hydrogen-bond donors (Lipinski definition) is 2. The van der Waals surface area contributed by atoms with Crippen molar-refractivity contribution in [2.24, 2.45) is 16.8 Å². The Kier molecular flexibility index (Phi) is 8.52. The van der Waals surface area contributed by atoms with Gasteiger partial charge in [0.25, 0.3) is 0 Å². The van der Waals surface area contributed by atoms with Crippen LogP contribution in [0.1, 0.15) is 51.9 Å². The van der Waals surface area contributed by atoms with Crippen LogP contribution in [0.25, 0.3) is 0 Å². The van der Waals surface area contributed by atoms with Crippen molar-refractivity contribution in [2.45, 2.75) is 57.9 Å². The predicted molar refractivity (Wildman–Crippen MR) is 102 cm³/mol. The smallest absolute Gasteiger partial charge is 0.243 e. The summed E-state index contributed by atoms with van der Waals surface area (Å²) in [7, 11) is 3.53. The fourth-order valence-corrected chi connectivity index (χ4v) is 3.77. The molecular formula is C19H36N4O2. The minimum Gasteiger partial charge on any atom is -0.381 e. The molecule has 2 bridgehead atoms. The second kappa shape index (κ2) is 10.6. The molecule has 25 heavy (non-hydrogen) atoms. The van der Waals surface area contributed by atoms with Crippen molar-refractivity contribution < 1.29 is 9.53 Å². The zero-order valence-corrected chi connectivity index (χ0v) is 16.2. The molecule has 2 aliphatic carbocycles. The molecule has 6 heteroatoms. The summed E-state index contributed by atoms with van der Waals surface area (Å²) in [5.41, 5.74) is 0. The van der Waals surface area contributed by atoms with Gasteiger partial charge in [0.1, 0.15) is 6.54 Å². The molecule has 6 nitrogen and oxygen atoms in total. The molecule has 144 valence electrons. The lowest BCUT2D eigenvalue weighted by Gasteiger charge is -2.25. The average molecular weight is 353 g/mol. The van der Waals surface area contributed by atoms with Gasteiger partial charge in [0.05, 0.1) is 0 Å². The van der Waals surface area contributed by atoms with E-state index >= 15 is 0 Å². The monoisotopic (exact) mass is 352 g/mol. The maximum absolute atomic E-state index is 11.8. The van der Waals surface area contributed by atoms with Crippen LogP contribution in [-0.2, 0) is 9.53 Å². The van der Waals surface area contributed by atoms with Crippen LogP contribution in [-0.4, -0.2) is 63.2 Å². The van der Waals surface area contributed by atoms with Crippen LogP contribution >= 0.6 is 0 Å². The molecule has 1 amide bonds. The number of ether oxygens (including phenoxy) is 1. The highest BCUT2D eigenvalue weighted by molar-refractivity contribution is 5.85. The fourth-order valence-electron chi connectivity index (χ4n) is 3.77. The number of carbonyl (C=O) groups is 1. The van der Waals surface area contributed by atoms with E-state index in [2.05, 4.69) is 22.5 Å². The Balaban J connectivity index is 1.75. The molecule has 2 aliphatic rings. The van der Waals surface area contributed by atoms with Crippen LogP contribution in [0.5, 0.6) is 0 Å². The van der Waals surface area contributed by atoms with E-state index in [-0.39, 0.29) is 12.5 Å². The number of nitrogens with one attached hydrogen (secondary N) is 2. The van der Waals surface area contributed by atoms with Gasteiger partial charge in [-0.1, -0.05) is 19.8 Å². The Labute approximate surface area is 152 Å². The van der Waals surface area contributed by atoms with Crippen molar-refractivity contribution in [1.82, 2.24) is 15.5 Å². The standard InChI is InChI=1S/C19H36N4O2/c1-4-5-10-25-11-6-9-20-19(21-14-18(24)23(2)3)22-17-13-15-7-8-16(17)12-15/h15-17H,4-14H2,1-3H3,(H2,20,21,22). The third-order valence-electron chi connectivity index (χ3n) is 5.33. The molecular weight excluding hydrogens is 316 g/mol. The van der Waals surface area contributed by atoms with Crippen LogP contribution < -0.4 is 10.6 Å². The van der Waals surface area contributed by atoms with E-state index in [1.54, 1.807) is 19.0 Å². The van der Waals surface area contributed by atoms with Gasteiger partial charge in [0.15, 0.2) is 5.96 Å². The molecule has 0 aromatic carbocycles. The van der Waals surface area contributed by atoms with Crippen molar-refractivity contribution in [3.63, 3.8) is 0 Å². The molecule has 0 aliphatic heterocycles. The van der Waals surface area contributed by atoms with Gasteiger partial charge in [-0.15, -0.1) is 0 Å². The van der Waals surface area contributed by atoms with Gasteiger partial charge < -0.3 is 20.3 Å². The number of rotatable bonds is 10. The summed E-state index contributed by atoms with van der Waals surface area (Å²) in [6, 6.07) is 0.514. The Hall–Kier alpha value is -1.30. The number of nitrogens with zero attached hydrogens (tertiary/aromatic N) is 2. The first-order chi connectivity index (χ1) is 12.1. The molecule has 2 fully saturated rings. The molecule has 0 heterocycles. The molecule has 0 aromatic rings. The second-order valence-electron chi connectivity index (χ2n) is 7.62. The number of fused-ring (bicyclic) bond motifs is 2. The van der Waals surface area contributed by atoms with E-state index < -0.39 is 0 Å². The zero-order valence-electron chi connectivity index (χ0n) is 16.2. The van der Waals surface area contributed by atoms with Gasteiger partial charge in [0, 0.05) is 39.9 Å². The van der Waals surface area contributed by atoms with E-state index in [0.29, 0.717) is 6.04 Å². The SMILES string of the molecule is CCCCOCCCNC(=NCC(=O)N(C)C)NC1CC2CCC1C2. The Morgan fingerprint density at radius 1 is 1.20 bits per heavy atom. The maximum Gasteiger partial charge on any atom is 0.243 e. The lowest BCUT2D eigenvalue weighted by Crippen LogP contribution is -2.46. The van der Waals surface area contributed by atoms with Gasteiger partial charge in [-0.2, -0.15) is 0 Å². The van der Waals surface area contributed by atoms with Crippen molar-refractivity contribution in [1.29, 1.82) is 0 Å². The van der Waals surface area contributed by atoms with Crippen LogP contribution in [0.3, 0.4) is 0 Å². The van der Waals surface area contributed by atoms with Crippen molar-refractivity contribution in [3.05, 3.63) is 0 Å². The topological polar surface area (TPSA) is 66.0 Å². The van der Waals surface area contributed by atoms with Crippen molar-refractivity contribution >= 4 is 11.9 Å². The van der Waals surface area contributed by atoms with E-state index in [9.17, 15) is 4.79 Å². The van der Waals surface area contributed by atoms with Crippen LogP contribution in [0, 0.1) is 11.8 Å². The number of amides is 1. The normalized spacial score (nSPS) is 25.2. The predicted octanol–water partition coefficient (Wildman–Crippen LogP) is 2.01. The molecule has 0 saturated heterocycles. The number of aliphatic imine (C=N–C) groups is 1. The molecule has 0 aromatic heterocycles. The summed E-state index contributed by atoms with van der Waals surface area (Å²) >= 11 is 0. The van der Waals surface area contributed by atoms with E-state index in [1.807, 2.05) is 0 Å². The highest BCUT2D eigenvalue weighted by Gasteiger charge is 2.39. The average Bonchev–Trinajstić information content (AvgIpc) is 3.21. The van der Waals surface area contributed by atoms with Crippen molar-refractivity contribution in [3.8, 4) is 0 Å². The number of guanidine groups is 1. The Morgan fingerprint density at radius 2 is 2.00 bits per heavy atom. The number of unbranched alkanes of at least 4 members (excludes halogenated alkanes) is 1. The molecule has 3 unspecified atom stereocenters. The molecule has 2 rings (SSSR count). The third-order valence-corrected chi connectivity index (χ3v) is 5.33. The first-order valence-corrected chi connectivity index (χ1v) is 9.93. The highest BCUT2D eigenvalue weighted by atomic mass is 16.5. The molecule has 2 saturated carbocycles. The molecule has 3 atom stereocenters. The first kappa shape index (κ1) is 20.0. The number of carbonyl (C=O) groups excluding carboxylic acids is 1. The van der Waals surface area contributed by atoms with Crippen LogP contribution in [0.2, 0.25) is 0 Å². The molecule has 0 spiro atoms. The largest absolute Gasteiger partial charge is 0.381 e. The van der Waals surface area contributed by atoms with Gasteiger partial charge in [-0.05, 0) is 43.9 Å². The third kappa shape index (κ3) is 6.84. The van der Waals surface area contributed by atoms with Crippen LogP contribution in [0.15, 0.2) is 4.99 Å². The zero-order chi connectivity index (χ0) is 18.1. The Morgan fingerprint density at radius 3 is 2.64 bits per heavy atom. The molecule has 0 radical (unpaired) electrons. The summed E-state index contributed by atoms with van der Waals surface area (Å²) in [4.78, 5) is 17.9. The minimum absolute atomic E-state index is 0.0249. The van der Waals surface area contributed by atoms with Crippen molar-refractivity contribution in [2.75, 3.05) is 40.4 Å². The number of likely N-dealkylation sites (N-methyl/N-ethyl adjacent to an activating group) is 1. The lowest BCUT2D eigenvalue weighted by molar-refractivity contribution is -0.127. The molecule has 2 N–H and O–H groups in total. The summed E-state index contributed by atoms with van der Waals surface area (Å²) in [5.74, 6) is 2.47. The summed E-state index contributed by atoms with van der Waals surface area (Å²) in [6.07, 6.45) is 8.55. The van der Waals surface area contributed by atoms with Gasteiger partial charge in [0.2, 0.25) is 5.91 Å². The van der Waals surface area contributed by atoms with Gasteiger partial charge >= 0.3 is 0 Å². The van der Waals surface area contributed by atoms with Crippen LogP contribution in [0.4, 0.5) is 0 Å². The summed E-state index contributed by atoms with van der Waals surface area (Å²) < 4.78 is 5.60. The fraction of sp³-hybridized carbons (Fsp3) is 0.895. The lowest BCUT2D eigenvalue weighted by atomic mass is 9.95. The summed E-state index contributed by atoms with van der Waals surface area (Å²) in [5, 5.41) is 6.96. The highest BCUT2D eigenvalue weighted by Crippen LogP contribution is 2.44. The second-order valence-corrected chi connectivity index (χ2v) is 7.62. The number of hydrogen-bond acceptors (Lipinski definition) is 3. The maximum atomic E-state index is 11.8. The van der Waals surface area contributed by atoms with E-state index in [4.69, 9.17) is 4.74 Å². The quantitative estimate of drug-likeness (QED) is 0.359. The van der Waals surface area contributed by atoms with E-state index in [0.717, 1.165) is 50.4 Å². The first-order valence-electron chi connectivity index (χ1n) is 9.93. The Bertz CT molecular complexity index is 439. The van der Waals surface area contributed by atoms with Gasteiger partial charge in [-0.25, -0.2) is 4.99 Å². The summed E-state index contributed by atoms with van der Waals surface area (Å²) in [6.45, 7) is 4.79. The minimum atomic E-state index is 0.0249.